The third kappa shape index (κ3) is 10.2. The zero-order chi connectivity index (χ0) is 65.0. The number of carbonyl (C=O) groups excluding carboxylic acids is 1. The second kappa shape index (κ2) is 24.3. The molecule has 0 unspecified atom stereocenters. The van der Waals surface area contributed by atoms with Gasteiger partial charge in [0.05, 0.1) is 33.7 Å². The molecule has 0 fully saturated rings. The first-order valence-corrected chi connectivity index (χ1v) is 32.9. The predicted octanol–water partition coefficient (Wildman–Crippen LogP) is 18.9. The molecule has 0 saturated carbocycles. The lowest BCUT2D eigenvalue weighted by Gasteiger charge is -2.44. The number of benzene rings is 13. The number of hydrogen-bond acceptors (Lipinski definition) is 9. The van der Waals surface area contributed by atoms with E-state index >= 15 is 0 Å². The normalized spacial score (nSPS) is 12.1. The molecule has 0 spiro atoms. The Morgan fingerprint density at radius 2 is 0.806 bits per heavy atom. The second-order valence-electron chi connectivity index (χ2n) is 24.6. The molecule has 2 aliphatic rings. The lowest BCUT2D eigenvalue weighted by atomic mass is 9.33. The Hall–Kier alpha value is -13.1. The Bertz CT molecular complexity index is 5680. The summed E-state index contributed by atoms with van der Waals surface area (Å²) in [5.74, 6) is 1.76. The molecule has 0 radical (unpaired) electrons. The van der Waals surface area contributed by atoms with Crippen LogP contribution in [0.3, 0.4) is 0 Å². The first-order chi connectivity index (χ1) is 48.5. The molecule has 0 bridgehead atoms. The molecule has 460 valence electrons. The quantitative estimate of drug-likeness (QED) is 0.0825. The van der Waals surface area contributed by atoms with Crippen molar-refractivity contribution in [2.45, 2.75) is 6.61 Å². The highest BCUT2D eigenvalue weighted by molar-refractivity contribution is 7.00. The first-order valence-electron chi connectivity index (χ1n) is 32.9. The van der Waals surface area contributed by atoms with Gasteiger partial charge in [0.1, 0.15) is 6.61 Å². The van der Waals surface area contributed by atoms with Gasteiger partial charge < -0.3 is 19.1 Å². The van der Waals surface area contributed by atoms with Gasteiger partial charge in [-0.25, -0.2) is 29.7 Å². The van der Waals surface area contributed by atoms with E-state index in [4.69, 9.17) is 29.7 Å². The van der Waals surface area contributed by atoms with E-state index in [-0.39, 0.29) is 13.3 Å². The molecule has 18 rings (SSSR count). The molecule has 0 saturated heterocycles. The van der Waals surface area contributed by atoms with Crippen LogP contribution in [-0.2, 0) is 11.3 Å². The van der Waals surface area contributed by atoms with Gasteiger partial charge in [0.15, 0.2) is 23.3 Å². The van der Waals surface area contributed by atoms with Crippen LogP contribution in [-0.4, -0.2) is 42.2 Å². The molecule has 11 heteroatoms. The summed E-state index contributed by atoms with van der Waals surface area (Å²) in [6, 6.07) is 115. The van der Waals surface area contributed by atoms with E-state index in [1.165, 1.54) is 27.8 Å². The molecule has 3 aromatic heterocycles. The Morgan fingerprint density at radius 1 is 0.327 bits per heavy atom. The largest absolute Gasteiger partial charge is 0.457 e. The van der Waals surface area contributed by atoms with E-state index in [9.17, 15) is 4.79 Å². The predicted molar refractivity (Wildman–Crippen MR) is 397 cm³/mol. The van der Waals surface area contributed by atoms with Crippen LogP contribution in [0.25, 0.3) is 107 Å². The third-order valence-corrected chi connectivity index (χ3v) is 18.8. The first kappa shape index (κ1) is 57.5. The minimum absolute atomic E-state index is 0.0500. The number of nitrogens with zero attached hydrogens (tertiary/aromatic N) is 8. The maximum Gasteiger partial charge on any atom is 0.338 e. The fraction of sp³-hybridized carbons (Fsp3) is 0.0115. The summed E-state index contributed by atoms with van der Waals surface area (Å²) in [6.45, 7) is 0.214. The minimum atomic E-state index is -0.400. The van der Waals surface area contributed by atoms with Crippen LogP contribution in [0.2, 0.25) is 0 Å². The van der Waals surface area contributed by atoms with Gasteiger partial charge in [0.2, 0.25) is 0 Å². The van der Waals surface area contributed by atoms with Crippen LogP contribution in [0.15, 0.2) is 334 Å². The van der Waals surface area contributed by atoms with Gasteiger partial charge in [-0.2, -0.15) is 0 Å². The molecular formula is C87H57BN8O2. The SMILES string of the molecule is O=C(OCc1ccccc1)c1ccc2c(c1)c1ccccc1n2-c1ccc(-c2nc(-c3ccccc3)nc(-c3ccccc3)n2)cc1-c1cc(-c2ccccc2)nc(-c2cccc(-c3ccc(N4c5ccccc5B5c6ccccc6N(c6ccccc6)c6cccc4c65)cc3)c2)n1. The number of fused-ring (bicyclic) bond motifs is 7. The van der Waals surface area contributed by atoms with Gasteiger partial charge in [-0.05, 0) is 136 Å². The number of anilines is 6. The van der Waals surface area contributed by atoms with Crippen LogP contribution >= 0.6 is 0 Å². The van der Waals surface area contributed by atoms with Crippen molar-refractivity contribution in [2.75, 3.05) is 9.80 Å². The van der Waals surface area contributed by atoms with Crippen LogP contribution in [0.4, 0.5) is 34.1 Å². The summed E-state index contributed by atoms with van der Waals surface area (Å²) in [5.41, 5.74) is 23.3. The van der Waals surface area contributed by atoms with Gasteiger partial charge in [0.25, 0.3) is 6.71 Å². The molecule has 0 N–H and O–H groups in total. The van der Waals surface area contributed by atoms with Gasteiger partial charge >= 0.3 is 5.97 Å². The van der Waals surface area contributed by atoms with Crippen LogP contribution in [0, 0.1) is 0 Å². The molecule has 98 heavy (non-hydrogen) atoms. The van der Waals surface area contributed by atoms with E-state index in [2.05, 4.69) is 208 Å². The van der Waals surface area contributed by atoms with Crippen molar-refractivity contribution >= 4 is 85.0 Å². The number of rotatable bonds is 13. The molecule has 16 aromatic rings. The zero-order valence-corrected chi connectivity index (χ0v) is 52.9. The molecular weight excluding hydrogens is 1200 g/mol. The molecule has 5 heterocycles. The van der Waals surface area contributed by atoms with Crippen molar-refractivity contribution in [3.8, 4) is 84.9 Å². The highest BCUT2D eigenvalue weighted by atomic mass is 16.5. The lowest BCUT2D eigenvalue weighted by molar-refractivity contribution is 0.0473. The van der Waals surface area contributed by atoms with Gasteiger partial charge in [-0.1, -0.05) is 231 Å². The Morgan fingerprint density at radius 3 is 1.47 bits per heavy atom. The fourth-order valence-corrected chi connectivity index (χ4v) is 14.3. The summed E-state index contributed by atoms with van der Waals surface area (Å²) in [4.78, 5) is 45.4. The van der Waals surface area contributed by atoms with Crippen LogP contribution < -0.4 is 26.2 Å². The Labute approximate surface area is 566 Å². The zero-order valence-electron chi connectivity index (χ0n) is 52.9. The van der Waals surface area contributed by atoms with Crippen molar-refractivity contribution < 1.29 is 9.53 Å². The molecule has 0 aliphatic carbocycles. The van der Waals surface area contributed by atoms with Gasteiger partial charge in [0, 0.05) is 78.3 Å². The number of aromatic nitrogens is 6. The fourth-order valence-electron chi connectivity index (χ4n) is 14.3. The number of para-hydroxylation sites is 4. The number of hydrogen-bond donors (Lipinski definition) is 0. The summed E-state index contributed by atoms with van der Waals surface area (Å²) < 4.78 is 8.17. The van der Waals surface area contributed by atoms with E-state index in [1.54, 1.807) is 0 Å². The van der Waals surface area contributed by atoms with Crippen molar-refractivity contribution in [3.05, 3.63) is 345 Å². The minimum Gasteiger partial charge on any atom is -0.457 e. The summed E-state index contributed by atoms with van der Waals surface area (Å²) in [7, 11) is 0. The molecule has 2 aliphatic heterocycles. The maximum atomic E-state index is 13.9. The maximum absolute atomic E-state index is 13.9. The number of ether oxygens (including phenoxy) is 1. The van der Waals surface area contributed by atoms with Crippen molar-refractivity contribution in [2.24, 2.45) is 0 Å². The Kier molecular flexibility index (Phi) is 14.3. The van der Waals surface area contributed by atoms with Gasteiger partial charge in [-0.3, -0.25) is 0 Å². The monoisotopic (exact) mass is 1260 g/mol. The summed E-state index contributed by atoms with van der Waals surface area (Å²) >= 11 is 0. The highest BCUT2D eigenvalue weighted by Gasteiger charge is 2.43. The third-order valence-electron chi connectivity index (χ3n) is 18.8. The smallest absolute Gasteiger partial charge is 0.338 e. The standard InChI is InChI=1S/C87H57BN8O2/c97-87(98-56-57-24-6-1-7-25-57)65-47-51-76-69(54-65)68-36-16-19-39-75(68)96(76)77-50-46-64(86-92-83(60-28-10-3-11-29-60)91-84(93-86)61-30-12-4-13-31-61)53-70(77)74-55-73(59-26-8-2-9-27-59)89-85(90-74)63-33-22-32-62(52-63)58-44-48-67(49-45-58)95-79-41-21-18-38-72(79)88-71-37-17-20-40-78(71)94(66-34-14-5-15-35-66)80-42-23-43-81(95)82(80)88/h1-55H,56H2. The average Bonchev–Trinajstić information content (AvgIpc) is 0.762. The topological polar surface area (TPSA) is 102 Å². The number of esters is 1. The van der Waals surface area contributed by atoms with Crippen molar-refractivity contribution in [1.29, 1.82) is 0 Å². The second-order valence-corrected chi connectivity index (χ2v) is 24.6. The van der Waals surface area contributed by atoms with Crippen LogP contribution in [0.1, 0.15) is 15.9 Å². The van der Waals surface area contributed by atoms with E-state index in [0.717, 1.165) is 106 Å². The van der Waals surface area contributed by atoms with Crippen molar-refractivity contribution in [1.82, 2.24) is 29.5 Å². The van der Waals surface area contributed by atoms with E-state index in [1.807, 2.05) is 140 Å². The highest BCUT2D eigenvalue weighted by Crippen LogP contribution is 2.45. The lowest BCUT2D eigenvalue weighted by Crippen LogP contribution is -2.61. The Balaban J connectivity index is 0.776. The van der Waals surface area contributed by atoms with Crippen molar-refractivity contribution in [3.63, 3.8) is 0 Å². The number of carbonyl (C=O) groups is 1. The van der Waals surface area contributed by atoms with Crippen LogP contribution in [0.5, 0.6) is 0 Å². The molecule has 10 nitrogen and oxygen atoms in total. The summed E-state index contributed by atoms with van der Waals surface area (Å²) in [6.07, 6.45) is 0. The molecule has 0 amide bonds. The van der Waals surface area contributed by atoms with Gasteiger partial charge in [-0.15, -0.1) is 0 Å². The average molecular weight is 1260 g/mol. The summed E-state index contributed by atoms with van der Waals surface area (Å²) in [5, 5.41) is 1.87. The van der Waals surface area contributed by atoms with E-state index in [0.29, 0.717) is 34.6 Å². The molecule has 0 atom stereocenters. The van der Waals surface area contributed by atoms with E-state index < -0.39 is 5.97 Å². The molecule has 13 aromatic carbocycles.